The molecule has 0 radical (unpaired) electrons. The molecule has 4 rings (SSSR count). The Labute approximate surface area is 90.2 Å². The van der Waals surface area contributed by atoms with Gasteiger partial charge in [-0.05, 0) is 56.3 Å². The molecule has 15 heavy (non-hydrogen) atoms. The zero-order valence-electron chi connectivity index (χ0n) is 9.02. The van der Waals surface area contributed by atoms with Crippen molar-refractivity contribution in [3.05, 3.63) is 0 Å². The van der Waals surface area contributed by atoms with Crippen LogP contribution in [0, 0.1) is 17.8 Å². The van der Waals surface area contributed by atoms with Crippen molar-refractivity contribution in [1.29, 1.82) is 0 Å². The summed E-state index contributed by atoms with van der Waals surface area (Å²) < 4.78 is 24.5. The van der Waals surface area contributed by atoms with Gasteiger partial charge in [-0.2, -0.15) is 0 Å². The summed E-state index contributed by atoms with van der Waals surface area (Å²) in [6, 6.07) is 0. The molecular weight excluding hydrogens is 195 g/mol. The number of hydrogen-bond acceptors (Lipinski definition) is 1. The standard InChI is InChI=1S/C11H18BF2N/c13-12(14)7-15-11-4-8-1-9(5-11)3-10(2-8)6-11/h8-10,15H,1-7H2. The highest BCUT2D eigenvalue weighted by Gasteiger charge is 2.50. The lowest BCUT2D eigenvalue weighted by Crippen LogP contribution is -2.59. The zero-order valence-corrected chi connectivity index (χ0v) is 9.02. The second-order valence-electron chi connectivity index (χ2n) is 5.97. The van der Waals surface area contributed by atoms with Gasteiger partial charge in [0.15, 0.2) is 0 Å². The smallest absolute Gasteiger partial charge is 0.313 e. The molecule has 0 aliphatic heterocycles. The molecule has 1 N–H and O–H groups in total. The van der Waals surface area contributed by atoms with Crippen LogP contribution in [-0.2, 0) is 0 Å². The molecule has 0 heterocycles. The van der Waals surface area contributed by atoms with Crippen molar-refractivity contribution in [2.24, 2.45) is 17.8 Å². The Bertz CT molecular complexity index is 222. The molecule has 84 valence electrons. The second kappa shape index (κ2) is 3.44. The molecule has 4 aliphatic rings. The number of nitrogens with one attached hydrogen (secondary N) is 1. The third-order valence-electron chi connectivity index (χ3n) is 4.67. The largest absolute Gasteiger partial charge is 0.551 e. The Hall–Kier alpha value is -0.115. The van der Waals surface area contributed by atoms with Gasteiger partial charge >= 0.3 is 7.27 Å². The lowest BCUT2D eigenvalue weighted by Gasteiger charge is -2.57. The number of rotatable bonds is 3. The molecule has 4 aliphatic carbocycles. The van der Waals surface area contributed by atoms with E-state index in [9.17, 15) is 8.63 Å². The first kappa shape index (κ1) is 10.1. The van der Waals surface area contributed by atoms with E-state index < -0.39 is 7.27 Å². The number of hydrogen-bond donors (Lipinski definition) is 1. The molecule has 4 fully saturated rings. The van der Waals surface area contributed by atoms with Gasteiger partial charge in [0.25, 0.3) is 0 Å². The minimum Gasteiger partial charge on any atom is -0.313 e. The molecule has 0 aromatic carbocycles. The maximum atomic E-state index is 12.3. The van der Waals surface area contributed by atoms with Crippen molar-refractivity contribution in [3.8, 4) is 0 Å². The molecule has 4 bridgehead atoms. The maximum Gasteiger partial charge on any atom is 0.551 e. The molecule has 0 amide bonds. The van der Waals surface area contributed by atoms with Crippen LogP contribution < -0.4 is 5.32 Å². The van der Waals surface area contributed by atoms with E-state index in [4.69, 9.17) is 0 Å². The van der Waals surface area contributed by atoms with Gasteiger partial charge in [0.1, 0.15) is 0 Å². The van der Waals surface area contributed by atoms with Crippen LogP contribution in [-0.4, -0.2) is 19.2 Å². The van der Waals surface area contributed by atoms with Gasteiger partial charge < -0.3 is 5.32 Å². The highest BCUT2D eigenvalue weighted by molar-refractivity contribution is 6.42. The summed E-state index contributed by atoms with van der Waals surface area (Å²) in [7, 11) is -2.20. The van der Waals surface area contributed by atoms with Gasteiger partial charge in [0.05, 0.1) is 0 Å². The SMILES string of the molecule is FB(F)CNC12CC3CC(CC(C3)C1)C2. The van der Waals surface area contributed by atoms with Crippen molar-refractivity contribution in [2.75, 3.05) is 6.44 Å². The van der Waals surface area contributed by atoms with E-state index in [1.807, 2.05) is 0 Å². The van der Waals surface area contributed by atoms with E-state index >= 15 is 0 Å². The van der Waals surface area contributed by atoms with Gasteiger partial charge in [-0.3, -0.25) is 8.63 Å². The highest BCUT2D eigenvalue weighted by Crippen LogP contribution is 2.55. The van der Waals surface area contributed by atoms with E-state index in [1.54, 1.807) is 0 Å². The minimum atomic E-state index is -2.20. The summed E-state index contributed by atoms with van der Waals surface area (Å²) in [5, 5.41) is 3.18. The Morgan fingerprint density at radius 2 is 1.47 bits per heavy atom. The third-order valence-corrected chi connectivity index (χ3v) is 4.67. The Kier molecular flexibility index (Phi) is 2.31. The van der Waals surface area contributed by atoms with Crippen LogP contribution in [0.1, 0.15) is 38.5 Å². The highest BCUT2D eigenvalue weighted by atomic mass is 19.2. The Balaban J connectivity index is 1.70. The Morgan fingerprint density at radius 3 is 1.87 bits per heavy atom. The van der Waals surface area contributed by atoms with E-state index in [2.05, 4.69) is 5.32 Å². The summed E-state index contributed by atoms with van der Waals surface area (Å²) in [5.41, 5.74) is 0.102. The van der Waals surface area contributed by atoms with E-state index in [1.165, 1.54) is 19.3 Å². The lowest BCUT2D eigenvalue weighted by molar-refractivity contribution is -0.0175. The molecule has 0 aromatic heterocycles. The van der Waals surface area contributed by atoms with Crippen LogP contribution in [0.3, 0.4) is 0 Å². The molecule has 4 saturated carbocycles. The van der Waals surface area contributed by atoms with E-state index in [-0.39, 0.29) is 12.0 Å². The molecule has 1 nitrogen and oxygen atoms in total. The molecule has 0 unspecified atom stereocenters. The first-order chi connectivity index (χ1) is 7.15. The van der Waals surface area contributed by atoms with E-state index in [0.717, 1.165) is 37.0 Å². The predicted octanol–water partition coefficient (Wildman–Crippen LogP) is 2.51. The molecule has 0 atom stereocenters. The summed E-state index contributed by atoms with van der Waals surface area (Å²) >= 11 is 0. The molecule has 4 heteroatoms. The molecule has 0 saturated heterocycles. The predicted molar refractivity (Wildman–Crippen MR) is 56.9 cm³/mol. The third kappa shape index (κ3) is 1.81. The van der Waals surface area contributed by atoms with Crippen molar-refractivity contribution >= 4 is 7.27 Å². The van der Waals surface area contributed by atoms with Crippen LogP contribution in [0.2, 0.25) is 0 Å². The monoisotopic (exact) mass is 213 g/mol. The first-order valence-electron chi connectivity index (χ1n) is 6.18. The Morgan fingerprint density at radius 1 is 1.00 bits per heavy atom. The maximum absolute atomic E-state index is 12.3. The average molecular weight is 213 g/mol. The molecule has 0 spiro atoms. The van der Waals surface area contributed by atoms with Gasteiger partial charge in [0, 0.05) is 12.0 Å². The van der Waals surface area contributed by atoms with Gasteiger partial charge in [-0.15, -0.1) is 0 Å². The van der Waals surface area contributed by atoms with Crippen LogP contribution in [0.5, 0.6) is 0 Å². The minimum absolute atomic E-state index is 0.102. The fourth-order valence-corrected chi connectivity index (χ4v) is 4.62. The molecular formula is C11H18BF2N. The van der Waals surface area contributed by atoms with Crippen LogP contribution in [0.15, 0.2) is 0 Å². The van der Waals surface area contributed by atoms with Gasteiger partial charge in [0.2, 0.25) is 0 Å². The zero-order chi connectivity index (χ0) is 10.5. The topological polar surface area (TPSA) is 12.0 Å². The number of halogens is 2. The quantitative estimate of drug-likeness (QED) is 0.710. The first-order valence-corrected chi connectivity index (χ1v) is 6.18. The second-order valence-corrected chi connectivity index (χ2v) is 5.97. The summed E-state index contributed by atoms with van der Waals surface area (Å²) in [4.78, 5) is 0. The van der Waals surface area contributed by atoms with Gasteiger partial charge in [-0.1, -0.05) is 0 Å². The van der Waals surface area contributed by atoms with Crippen molar-refractivity contribution < 1.29 is 8.63 Å². The van der Waals surface area contributed by atoms with Gasteiger partial charge in [-0.25, -0.2) is 0 Å². The van der Waals surface area contributed by atoms with Crippen molar-refractivity contribution in [2.45, 2.75) is 44.1 Å². The average Bonchev–Trinajstić information content (AvgIpc) is 2.12. The van der Waals surface area contributed by atoms with E-state index in [0.29, 0.717) is 0 Å². The summed E-state index contributed by atoms with van der Waals surface area (Å²) in [6.07, 6.45) is 7.48. The normalized spacial score (nSPS) is 47.2. The fraction of sp³-hybridized carbons (Fsp3) is 1.00. The van der Waals surface area contributed by atoms with Crippen LogP contribution in [0.25, 0.3) is 0 Å². The fourth-order valence-electron chi connectivity index (χ4n) is 4.62. The lowest BCUT2D eigenvalue weighted by atomic mass is 9.53. The summed E-state index contributed by atoms with van der Waals surface area (Å²) in [5.74, 6) is 2.50. The van der Waals surface area contributed by atoms with Crippen LogP contribution >= 0.6 is 0 Å². The van der Waals surface area contributed by atoms with Crippen molar-refractivity contribution in [1.82, 2.24) is 5.32 Å². The van der Waals surface area contributed by atoms with Crippen molar-refractivity contribution in [3.63, 3.8) is 0 Å². The summed E-state index contributed by atoms with van der Waals surface area (Å²) in [6.45, 7) is 0. The van der Waals surface area contributed by atoms with Crippen LogP contribution in [0.4, 0.5) is 8.63 Å². The molecule has 0 aromatic rings.